The van der Waals surface area contributed by atoms with Gasteiger partial charge in [0.2, 0.25) is 0 Å². The second-order valence-electron chi connectivity index (χ2n) is 6.34. The van der Waals surface area contributed by atoms with Crippen molar-refractivity contribution in [1.82, 2.24) is 9.97 Å². The first-order valence-corrected chi connectivity index (χ1v) is 8.33. The summed E-state index contributed by atoms with van der Waals surface area (Å²) in [5.74, 6) is 0.944. The van der Waals surface area contributed by atoms with Crippen LogP contribution in [0.3, 0.4) is 0 Å². The maximum Gasteiger partial charge on any atom is 0.274 e. The second kappa shape index (κ2) is 5.41. The topological polar surface area (TPSA) is 68.0 Å². The number of carbonyl (C=O) groups excluding carboxylic acids is 1. The quantitative estimate of drug-likeness (QED) is 0.600. The van der Waals surface area contributed by atoms with Gasteiger partial charge in [0.1, 0.15) is 22.7 Å². The fraction of sp³-hybridized carbons (Fsp3) is 0.150. The zero-order chi connectivity index (χ0) is 16.8. The van der Waals surface area contributed by atoms with Crippen LogP contribution in [-0.2, 0) is 0 Å². The van der Waals surface area contributed by atoms with Crippen molar-refractivity contribution < 1.29 is 9.21 Å². The van der Waals surface area contributed by atoms with E-state index in [9.17, 15) is 4.79 Å². The molecule has 5 heteroatoms. The Morgan fingerprint density at radius 2 is 1.88 bits per heavy atom. The number of carbonyl (C=O) groups is 1. The Morgan fingerprint density at radius 3 is 2.76 bits per heavy atom. The van der Waals surface area contributed by atoms with Gasteiger partial charge in [0.05, 0.1) is 0 Å². The Balaban J connectivity index is 1.46. The summed E-state index contributed by atoms with van der Waals surface area (Å²) in [5, 5.41) is 5.00. The lowest BCUT2D eigenvalue weighted by atomic mass is 10.1. The molecule has 25 heavy (non-hydrogen) atoms. The molecule has 2 heterocycles. The molecule has 5 rings (SSSR count). The zero-order valence-corrected chi connectivity index (χ0v) is 13.4. The van der Waals surface area contributed by atoms with E-state index >= 15 is 0 Å². The van der Waals surface area contributed by atoms with E-state index in [-0.39, 0.29) is 5.91 Å². The number of nitrogens with zero attached hydrogens (tertiary/aromatic N) is 2. The highest BCUT2D eigenvalue weighted by Crippen LogP contribution is 2.37. The maximum absolute atomic E-state index is 12.5. The molecule has 122 valence electrons. The molecular weight excluding hydrogens is 314 g/mol. The van der Waals surface area contributed by atoms with Gasteiger partial charge in [-0.2, -0.15) is 0 Å². The first-order chi connectivity index (χ1) is 12.3. The van der Waals surface area contributed by atoms with Crippen LogP contribution in [0, 0.1) is 0 Å². The molecule has 1 aliphatic rings. The van der Waals surface area contributed by atoms with Gasteiger partial charge in [-0.3, -0.25) is 4.79 Å². The van der Waals surface area contributed by atoms with Crippen molar-refractivity contribution in [1.29, 1.82) is 0 Å². The second-order valence-corrected chi connectivity index (χ2v) is 6.34. The molecule has 1 aliphatic carbocycles. The van der Waals surface area contributed by atoms with E-state index in [1.165, 1.54) is 0 Å². The Morgan fingerprint density at radius 1 is 1.04 bits per heavy atom. The maximum atomic E-state index is 12.5. The van der Waals surface area contributed by atoms with E-state index in [0.29, 0.717) is 17.3 Å². The van der Waals surface area contributed by atoms with Gasteiger partial charge in [-0.15, -0.1) is 0 Å². The van der Waals surface area contributed by atoms with E-state index in [1.54, 1.807) is 12.3 Å². The Labute approximate surface area is 143 Å². The summed E-state index contributed by atoms with van der Waals surface area (Å²) in [6.45, 7) is 0. The molecule has 2 aromatic heterocycles. The average Bonchev–Trinajstić information content (AvgIpc) is 3.43. The van der Waals surface area contributed by atoms with Crippen LogP contribution in [0.25, 0.3) is 21.9 Å². The number of aromatic nitrogens is 2. The third-order valence-corrected chi connectivity index (χ3v) is 4.49. The van der Waals surface area contributed by atoms with Crippen molar-refractivity contribution >= 4 is 33.5 Å². The van der Waals surface area contributed by atoms with Crippen LogP contribution in [0.5, 0.6) is 0 Å². The van der Waals surface area contributed by atoms with Crippen molar-refractivity contribution in [2.24, 2.45) is 0 Å². The molecule has 0 aliphatic heterocycles. The standard InChI is InChI=1S/C20H15N3O2/c24-20(16-9-10-21-19(23-16)12-5-6-12)22-13-7-8-15-14-3-1-2-4-17(14)25-18(15)11-13/h1-4,7-12H,5-6H2,(H,22,24). The number of rotatable bonds is 3. The Hall–Kier alpha value is -3.21. The van der Waals surface area contributed by atoms with Crippen molar-refractivity contribution in [2.75, 3.05) is 5.32 Å². The van der Waals surface area contributed by atoms with Crippen molar-refractivity contribution in [3.63, 3.8) is 0 Å². The third kappa shape index (κ3) is 2.54. The molecule has 0 spiro atoms. The van der Waals surface area contributed by atoms with Crippen LogP contribution in [0.2, 0.25) is 0 Å². The van der Waals surface area contributed by atoms with E-state index in [2.05, 4.69) is 15.3 Å². The molecule has 0 radical (unpaired) electrons. The number of hydrogen-bond acceptors (Lipinski definition) is 4. The molecule has 2 aromatic carbocycles. The van der Waals surface area contributed by atoms with Crippen LogP contribution in [0.4, 0.5) is 5.69 Å². The van der Waals surface area contributed by atoms with Crippen molar-refractivity contribution in [3.05, 3.63) is 66.2 Å². The molecule has 0 saturated heterocycles. The fourth-order valence-electron chi connectivity index (χ4n) is 3.04. The van der Waals surface area contributed by atoms with Gasteiger partial charge in [0.25, 0.3) is 5.91 Å². The number of furan rings is 1. The molecule has 4 aromatic rings. The molecular formula is C20H15N3O2. The van der Waals surface area contributed by atoms with Crippen molar-refractivity contribution in [2.45, 2.75) is 18.8 Å². The Kier molecular flexibility index (Phi) is 3.06. The van der Waals surface area contributed by atoms with Gasteiger partial charge < -0.3 is 9.73 Å². The van der Waals surface area contributed by atoms with E-state index in [0.717, 1.165) is 40.6 Å². The molecule has 1 fully saturated rings. The van der Waals surface area contributed by atoms with Crippen LogP contribution in [0.15, 0.2) is 59.1 Å². The third-order valence-electron chi connectivity index (χ3n) is 4.49. The lowest BCUT2D eigenvalue weighted by Gasteiger charge is -2.05. The largest absolute Gasteiger partial charge is 0.456 e. The number of fused-ring (bicyclic) bond motifs is 3. The highest BCUT2D eigenvalue weighted by molar-refractivity contribution is 6.08. The van der Waals surface area contributed by atoms with Crippen LogP contribution in [0.1, 0.15) is 35.1 Å². The van der Waals surface area contributed by atoms with Crippen LogP contribution in [-0.4, -0.2) is 15.9 Å². The highest BCUT2D eigenvalue weighted by Gasteiger charge is 2.27. The highest BCUT2D eigenvalue weighted by atomic mass is 16.3. The predicted molar refractivity (Wildman–Crippen MR) is 95.7 cm³/mol. The summed E-state index contributed by atoms with van der Waals surface area (Å²) in [4.78, 5) is 21.1. The minimum Gasteiger partial charge on any atom is -0.456 e. The van der Waals surface area contributed by atoms with E-state index in [4.69, 9.17) is 4.42 Å². The summed E-state index contributed by atoms with van der Waals surface area (Å²) in [5.41, 5.74) is 2.66. The fourth-order valence-corrected chi connectivity index (χ4v) is 3.04. The minimum atomic E-state index is -0.236. The lowest BCUT2D eigenvalue weighted by Crippen LogP contribution is -2.14. The minimum absolute atomic E-state index is 0.236. The van der Waals surface area contributed by atoms with Gasteiger partial charge in [-0.25, -0.2) is 9.97 Å². The van der Waals surface area contributed by atoms with Gasteiger partial charge in [0.15, 0.2) is 0 Å². The van der Waals surface area contributed by atoms with Gasteiger partial charge in [-0.05, 0) is 37.1 Å². The van der Waals surface area contributed by atoms with E-state index < -0.39 is 0 Å². The number of anilines is 1. The normalized spacial score (nSPS) is 14.1. The number of hydrogen-bond donors (Lipinski definition) is 1. The molecule has 0 unspecified atom stereocenters. The summed E-state index contributed by atoms with van der Waals surface area (Å²) in [7, 11) is 0. The van der Waals surface area contributed by atoms with Gasteiger partial charge >= 0.3 is 0 Å². The first-order valence-electron chi connectivity index (χ1n) is 8.33. The molecule has 5 nitrogen and oxygen atoms in total. The first kappa shape index (κ1) is 14.2. The summed E-state index contributed by atoms with van der Waals surface area (Å²) >= 11 is 0. The van der Waals surface area contributed by atoms with Crippen LogP contribution >= 0.6 is 0 Å². The molecule has 0 atom stereocenters. The summed E-state index contributed by atoms with van der Waals surface area (Å²) < 4.78 is 5.86. The molecule has 1 N–H and O–H groups in total. The smallest absolute Gasteiger partial charge is 0.274 e. The number of amides is 1. The lowest BCUT2D eigenvalue weighted by molar-refractivity contribution is 0.102. The summed E-state index contributed by atoms with van der Waals surface area (Å²) in [6.07, 6.45) is 3.86. The molecule has 0 bridgehead atoms. The monoisotopic (exact) mass is 329 g/mol. The zero-order valence-electron chi connectivity index (χ0n) is 13.4. The van der Waals surface area contributed by atoms with Crippen molar-refractivity contribution in [3.8, 4) is 0 Å². The van der Waals surface area contributed by atoms with Gasteiger partial charge in [-0.1, -0.05) is 18.2 Å². The number of benzene rings is 2. The van der Waals surface area contributed by atoms with Gasteiger partial charge in [0, 0.05) is 34.6 Å². The molecule has 1 saturated carbocycles. The predicted octanol–water partition coefficient (Wildman–Crippen LogP) is 4.51. The molecule has 1 amide bonds. The Bertz CT molecular complexity index is 1110. The average molecular weight is 329 g/mol. The summed E-state index contributed by atoms with van der Waals surface area (Å²) in [6, 6.07) is 15.2. The van der Waals surface area contributed by atoms with E-state index in [1.807, 2.05) is 42.5 Å². The number of para-hydroxylation sites is 1. The SMILES string of the molecule is O=C(Nc1ccc2c(c1)oc1ccccc12)c1ccnc(C2CC2)n1. The van der Waals surface area contributed by atoms with Crippen LogP contribution < -0.4 is 5.32 Å². The number of nitrogens with one attached hydrogen (secondary N) is 1.